The Morgan fingerprint density at radius 2 is 1.91 bits per heavy atom. The zero-order valence-electron chi connectivity index (χ0n) is 13.5. The van der Waals surface area contributed by atoms with Crippen molar-refractivity contribution in [1.29, 1.82) is 0 Å². The molecule has 0 unspecified atom stereocenters. The Balaban J connectivity index is 1.80. The molecule has 0 aromatic heterocycles. The number of urea groups is 1. The van der Waals surface area contributed by atoms with Gasteiger partial charge in [0.05, 0.1) is 26.5 Å². The molecule has 0 atom stereocenters. The number of carbonyl (C=O) groups is 2. The van der Waals surface area contributed by atoms with Gasteiger partial charge in [-0.1, -0.05) is 12.8 Å². The molecule has 1 fully saturated rings. The number of nitrogens with one attached hydrogen (secondary N) is 3. The Morgan fingerprint density at radius 1 is 1.17 bits per heavy atom. The van der Waals surface area contributed by atoms with Crippen LogP contribution in [0.4, 0.5) is 10.5 Å². The molecule has 1 saturated carbocycles. The Morgan fingerprint density at radius 3 is 2.57 bits per heavy atom. The number of anilines is 1. The number of ether oxygens (including phenoxy) is 2. The summed E-state index contributed by atoms with van der Waals surface area (Å²) < 4.78 is 10.3. The summed E-state index contributed by atoms with van der Waals surface area (Å²) >= 11 is 0. The third-order valence-electron chi connectivity index (χ3n) is 3.79. The summed E-state index contributed by atoms with van der Waals surface area (Å²) in [7, 11) is 3.10. The van der Waals surface area contributed by atoms with Crippen LogP contribution in [-0.2, 0) is 4.79 Å². The van der Waals surface area contributed by atoms with E-state index in [4.69, 9.17) is 9.47 Å². The first-order chi connectivity index (χ1) is 11.1. The molecule has 0 spiro atoms. The topological polar surface area (TPSA) is 88.7 Å². The highest BCUT2D eigenvalue weighted by molar-refractivity contribution is 5.96. The first-order valence-electron chi connectivity index (χ1n) is 7.68. The predicted octanol–water partition coefficient (Wildman–Crippen LogP) is 1.88. The van der Waals surface area contributed by atoms with Crippen LogP contribution < -0.4 is 25.4 Å². The SMILES string of the molecule is COc1ccc(NCC(=O)NC(=O)NC2CCCC2)c(OC)c1. The predicted molar refractivity (Wildman–Crippen MR) is 87.0 cm³/mol. The number of imide groups is 1. The van der Waals surface area contributed by atoms with Crippen LogP contribution in [0, 0.1) is 0 Å². The molecule has 0 radical (unpaired) electrons. The molecule has 1 aromatic rings. The van der Waals surface area contributed by atoms with E-state index in [1.165, 1.54) is 7.11 Å². The number of amides is 3. The monoisotopic (exact) mass is 321 g/mol. The van der Waals surface area contributed by atoms with Gasteiger partial charge in [0.2, 0.25) is 5.91 Å². The molecule has 1 aliphatic rings. The average molecular weight is 321 g/mol. The van der Waals surface area contributed by atoms with E-state index in [2.05, 4.69) is 16.0 Å². The van der Waals surface area contributed by atoms with Crippen LogP contribution in [-0.4, -0.2) is 38.7 Å². The van der Waals surface area contributed by atoms with Crippen LogP contribution in [0.15, 0.2) is 18.2 Å². The van der Waals surface area contributed by atoms with Gasteiger partial charge in [-0.15, -0.1) is 0 Å². The van der Waals surface area contributed by atoms with Crippen molar-refractivity contribution < 1.29 is 19.1 Å². The normalized spacial score (nSPS) is 14.2. The fraction of sp³-hybridized carbons (Fsp3) is 0.500. The highest BCUT2D eigenvalue weighted by atomic mass is 16.5. The Kier molecular flexibility index (Phi) is 6.08. The molecule has 1 aliphatic carbocycles. The standard InChI is InChI=1S/C16H23N3O4/c1-22-12-7-8-13(14(9-12)23-2)17-10-15(20)19-16(21)18-11-5-3-4-6-11/h7-9,11,17H,3-6,10H2,1-2H3,(H2,18,19,20,21). The van der Waals surface area contributed by atoms with E-state index in [-0.39, 0.29) is 12.6 Å². The summed E-state index contributed by atoms with van der Waals surface area (Å²) in [6, 6.07) is 4.97. The fourth-order valence-electron chi connectivity index (χ4n) is 2.58. The Labute approximate surface area is 135 Å². The average Bonchev–Trinajstić information content (AvgIpc) is 3.05. The number of hydrogen-bond donors (Lipinski definition) is 3. The molecule has 23 heavy (non-hydrogen) atoms. The number of hydrogen-bond acceptors (Lipinski definition) is 5. The lowest BCUT2D eigenvalue weighted by Gasteiger charge is -2.14. The third-order valence-corrected chi connectivity index (χ3v) is 3.79. The highest BCUT2D eigenvalue weighted by Gasteiger charge is 2.18. The van der Waals surface area contributed by atoms with Gasteiger partial charge in [-0.25, -0.2) is 4.79 Å². The largest absolute Gasteiger partial charge is 0.497 e. The smallest absolute Gasteiger partial charge is 0.321 e. The second kappa shape index (κ2) is 8.26. The number of carbonyl (C=O) groups excluding carboxylic acids is 2. The molecule has 1 aromatic carbocycles. The van der Waals surface area contributed by atoms with Gasteiger partial charge in [-0.2, -0.15) is 0 Å². The van der Waals surface area contributed by atoms with E-state index in [1.807, 2.05) is 0 Å². The molecule has 7 heteroatoms. The molecule has 2 rings (SSSR count). The number of methoxy groups -OCH3 is 2. The van der Waals surface area contributed by atoms with Gasteiger partial charge in [-0.05, 0) is 25.0 Å². The summed E-state index contributed by atoms with van der Waals surface area (Å²) in [5.41, 5.74) is 0.652. The minimum absolute atomic E-state index is 0.0270. The second-order valence-electron chi connectivity index (χ2n) is 5.42. The maximum atomic E-state index is 11.8. The molecular weight excluding hydrogens is 298 g/mol. The molecule has 7 nitrogen and oxygen atoms in total. The summed E-state index contributed by atoms with van der Waals surface area (Å²) in [6.45, 7) is -0.0270. The van der Waals surface area contributed by atoms with Crippen molar-refractivity contribution in [2.75, 3.05) is 26.1 Å². The fourth-order valence-corrected chi connectivity index (χ4v) is 2.58. The number of rotatable bonds is 6. The van der Waals surface area contributed by atoms with Crippen molar-refractivity contribution >= 4 is 17.6 Å². The van der Waals surface area contributed by atoms with E-state index in [1.54, 1.807) is 25.3 Å². The summed E-state index contributed by atoms with van der Waals surface area (Å²) in [5, 5.41) is 8.07. The summed E-state index contributed by atoms with van der Waals surface area (Å²) in [5.74, 6) is 0.818. The quantitative estimate of drug-likeness (QED) is 0.744. The van der Waals surface area contributed by atoms with Gasteiger partial charge >= 0.3 is 6.03 Å². The highest BCUT2D eigenvalue weighted by Crippen LogP contribution is 2.28. The lowest BCUT2D eigenvalue weighted by molar-refractivity contribution is -0.118. The van der Waals surface area contributed by atoms with E-state index in [0.29, 0.717) is 17.2 Å². The van der Waals surface area contributed by atoms with Crippen molar-refractivity contribution in [3.05, 3.63) is 18.2 Å². The van der Waals surface area contributed by atoms with Crippen LogP contribution in [0.25, 0.3) is 0 Å². The summed E-state index contributed by atoms with van der Waals surface area (Å²) in [4.78, 5) is 23.5. The van der Waals surface area contributed by atoms with Crippen molar-refractivity contribution in [3.63, 3.8) is 0 Å². The van der Waals surface area contributed by atoms with Crippen LogP contribution in [0.1, 0.15) is 25.7 Å². The maximum Gasteiger partial charge on any atom is 0.321 e. The van der Waals surface area contributed by atoms with Crippen LogP contribution in [0.3, 0.4) is 0 Å². The molecule has 3 amide bonds. The van der Waals surface area contributed by atoms with E-state index in [0.717, 1.165) is 25.7 Å². The van der Waals surface area contributed by atoms with Crippen LogP contribution in [0.5, 0.6) is 11.5 Å². The lowest BCUT2D eigenvalue weighted by Crippen LogP contribution is -2.45. The minimum Gasteiger partial charge on any atom is -0.497 e. The van der Waals surface area contributed by atoms with Crippen molar-refractivity contribution in [2.45, 2.75) is 31.7 Å². The van der Waals surface area contributed by atoms with E-state index < -0.39 is 11.9 Å². The zero-order chi connectivity index (χ0) is 16.7. The molecule has 126 valence electrons. The Hall–Kier alpha value is -2.44. The molecule has 0 saturated heterocycles. The van der Waals surface area contributed by atoms with Crippen molar-refractivity contribution in [2.24, 2.45) is 0 Å². The van der Waals surface area contributed by atoms with Gasteiger partial charge in [0.1, 0.15) is 11.5 Å². The summed E-state index contributed by atoms with van der Waals surface area (Å²) in [6.07, 6.45) is 4.20. The van der Waals surface area contributed by atoms with Gasteiger partial charge in [0, 0.05) is 12.1 Å². The molecule has 0 bridgehead atoms. The first kappa shape index (κ1) is 16.9. The van der Waals surface area contributed by atoms with E-state index in [9.17, 15) is 9.59 Å². The van der Waals surface area contributed by atoms with Gasteiger partial charge in [-0.3, -0.25) is 10.1 Å². The van der Waals surface area contributed by atoms with Crippen molar-refractivity contribution in [1.82, 2.24) is 10.6 Å². The van der Waals surface area contributed by atoms with Gasteiger partial charge in [0.15, 0.2) is 0 Å². The molecular formula is C16H23N3O4. The molecule has 0 aliphatic heterocycles. The molecule has 3 N–H and O–H groups in total. The molecule has 0 heterocycles. The first-order valence-corrected chi connectivity index (χ1v) is 7.68. The lowest BCUT2D eigenvalue weighted by atomic mass is 10.2. The second-order valence-corrected chi connectivity index (χ2v) is 5.42. The Bertz CT molecular complexity index is 556. The van der Waals surface area contributed by atoms with Gasteiger partial charge in [0.25, 0.3) is 0 Å². The van der Waals surface area contributed by atoms with Gasteiger partial charge < -0.3 is 20.1 Å². The third kappa shape index (κ3) is 5.05. The maximum absolute atomic E-state index is 11.8. The zero-order valence-corrected chi connectivity index (χ0v) is 13.5. The van der Waals surface area contributed by atoms with Crippen LogP contribution >= 0.6 is 0 Å². The number of benzene rings is 1. The van der Waals surface area contributed by atoms with E-state index >= 15 is 0 Å². The van der Waals surface area contributed by atoms with Crippen LogP contribution in [0.2, 0.25) is 0 Å². The van der Waals surface area contributed by atoms with Crippen molar-refractivity contribution in [3.8, 4) is 11.5 Å². The minimum atomic E-state index is -0.439.